The molecule has 0 aliphatic heterocycles. The fraction of sp³-hybridized carbons (Fsp3) is 0.286. The zero-order chi connectivity index (χ0) is 10.8. The molecule has 15 heavy (non-hydrogen) atoms. The topological polar surface area (TPSA) is 0 Å². The van der Waals surface area contributed by atoms with Gasteiger partial charge >= 0.3 is 0 Å². The number of rotatable bonds is 1. The number of halogens is 1. The van der Waals surface area contributed by atoms with Crippen molar-refractivity contribution in [2.75, 3.05) is 0 Å². The van der Waals surface area contributed by atoms with Gasteiger partial charge < -0.3 is 0 Å². The van der Waals surface area contributed by atoms with Gasteiger partial charge in [0.05, 0.1) is 0 Å². The first-order valence-corrected chi connectivity index (χ1v) is 5.30. The quantitative estimate of drug-likeness (QED) is 0.640. The Kier molecular flexibility index (Phi) is 2.72. The summed E-state index contributed by atoms with van der Waals surface area (Å²) < 4.78 is 13.1. The van der Waals surface area contributed by atoms with Crippen LogP contribution in [0.5, 0.6) is 0 Å². The third-order valence-electron chi connectivity index (χ3n) is 2.86. The van der Waals surface area contributed by atoms with Gasteiger partial charge in [-0.3, -0.25) is 0 Å². The second-order valence-electron chi connectivity index (χ2n) is 4.25. The van der Waals surface area contributed by atoms with Crippen molar-refractivity contribution in [3.05, 3.63) is 53.4 Å². The maximum absolute atomic E-state index is 13.1. The van der Waals surface area contributed by atoms with Gasteiger partial charge in [-0.1, -0.05) is 36.8 Å². The van der Waals surface area contributed by atoms with Gasteiger partial charge in [0.25, 0.3) is 0 Å². The second-order valence-corrected chi connectivity index (χ2v) is 4.25. The van der Waals surface area contributed by atoms with Crippen molar-refractivity contribution in [3.63, 3.8) is 0 Å². The molecule has 1 unspecified atom stereocenters. The van der Waals surface area contributed by atoms with E-state index in [1.165, 1.54) is 17.2 Å². The monoisotopic (exact) mass is 202 g/mol. The van der Waals surface area contributed by atoms with E-state index in [1.54, 1.807) is 12.1 Å². The van der Waals surface area contributed by atoms with Crippen LogP contribution in [-0.4, -0.2) is 0 Å². The summed E-state index contributed by atoms with van der Waals surface area (Å²) in [5.74, 6) is 0.323. The van der Waals surface area contributed by atoms with Crippen molar-refractivity contribution >= 4 is 5.57 Å². The molecule has 0 spiro atoms. The lowest BCUT2D eigenvalue weighted by atomic mass is 9.85. The van der Waals surface area contributed by atoms with E-state index in [-0.39, 0.29) is 5.82 Å². The average molecular weight is 202 g/mol. The van der Waals surface area contributed by atoms with E-state index in [0.717, 1.165) is 12.0 Å². The van der Waals surface area contributed by atoms with Crippen molar-refractivity contribution in [3.8, 4) is 0 Å². The number of benzene rings is 1. The molecule has 0 N–H and O–H groups in total. The number of allylic oxidation sites excluding steroid dienone is 4. The lowest BCUT2D eigenvalue weighted by Crippen LogP contribution is -2.03. The van der Waals surface area contributed by atoms with Crippen LogP contribution in [0, 0.1) is 11.7 Å². The van der Waals surface area contributed by atoms with Crippen molar-refractivity contribution in [2.24, 2.45) is 5.92 Å². The molecule has 1 aromatic rings. The van der Waals surface area contributed by atoms with E-state index >= 15 is 0 Å². The molecule has 2 rings (SSSR count). The van der Waals surface area contributed by atoms with E-state index in [1.807, 2.05) is 6.07 Å². The summed E-state index contributed by atoms with van der Waals surface area (Å²) in [5.41, 5.74) is 3.63. The zero-order valence-electron chi connectivity index (χ0n) is 9.13. The largest absolute Gasteiger partial charge is 0.207 e. The molecule has 0 heterocycles. The van der Waals surface area contributed by atoms with Crippen LogP contribution in [0.2, 0.25) is 0 Å². The van der Waals surface area contributed by atoms with E-state index in [4.69, 9.17) is 0 Å². The molecular formula is C14H15F. The van der Waals surface area contributed by atoms with Gasteiger partial charge in [0.15, 0.2) is 0 Å². The molecule has 0 saturated heterocycles. The maximum Gasteiger partial charge on any atom is 0.123 e. The smallest absolute Gasteiger partial charge is 0.123 e. The Morgan fingerprint density at radius 1 is 1.27 bits per heavy atom. The minimum absolute atomic E-state index is 0.160. The Bertz CT molecular complexity index is 427. The molecule has 1 aliphatic rings. The molecular weight excluding hydrogens is 187 g/mol. The molecule has 0 nitrogen and oxygen atoms in total. The van der Waals surface area contributed by atoms with Gasteiger partial charge in [0.2, 0.25) is 0 Å². The minimum Gasteiger partial charge on any atom is -0.207 e. The summed E-state index contributed by atoms with van der Waals surface area (Å²) in [6.07, 6.45) is 5.31. The summed E-state index contributed by atoms with van der Waals surface area (Å²) >= 11 is 0. The molecule has 0 radical (unpaired) electrons. The minimum atomic E-state index is -0.160. The number of hydrogen-bond acceptors (Lipinski definition) is 0. The normalized spacial score (nSPS) is 20.9. The zero-order valence-corrected chi connectivity index (χ0v) is 9.13. The van der Waals surface area contributed by atoms with E-state index < -0.39 is 0 Å². The molecule has 0 bridgehead atoms. The fourth-order valence-electron chi connectivity index (χ4n) is 2.11. The number of hydrogen-bond donors (Lipinski definition) is 0. The first kappa shape index (κ1) is 10.2. The highest BCUT2D eigenvalue weighted by molar-refractivity contribution is 5.70. The van der Waals surface area contributed by atoms with Crippen LogP contribution in [0.25, 0.3) is 5.57 Å². The fourth-order valence-corrected chi connectivity index (χ4v) is 2.11. The Morgan fingerprint density at radius 3 is 2.73 bits per heavy atom. The van der Waals surface area contributed by atoms with Crippen LogP contribution in [-0.2, 0) is 0 Å². The molecule has 0 fully saturated rings. The molecule has 1 aliphatic carbocycles. The highest BCUT2D eigenvalue weighted by Gasteiger charge is 2.14. The highest BCUT2D eigenvalue weighted by Crippen LogP contribution is 2.32. The predicted octanol–water partition coefficient (Wildman–Crippen LogP) is 4.20. The first-order chi connectivity index (χ1) is 7.16. The highest BCUT2D eigenvalue weighted by atomic mass is 19.1. The van der Waals surface area contributed by atoms with Crippen molar-refractivity contribution in [2.45, 2.75) is 20.3 Å². The molecule has 0 saturated carbocycles. The van der Waals surface area contributed by atoms with Crippen LogP contribution in [0.3, 0.4) is 0 Å². The summed E-state index contributed by atoms with van der Waals surface area (Å²) in [4.78, 5) is 0. The van der Waals surface area contributed by atoms with Crippen molar-refractivity contribution in [1.82, 2.24) is 0 Å². The Morgan fingerprint density at radius 2 is 2.07 bits per heavy atom. The summed E-state index contributed by atoms with van der Waals surface area (Å²) in [6.45, 7) is 4.32. The van der Waals surface area contributed by atoms with E-state index in [9.17, 15) is 4.39 Å². The second kappa shape index (κ2) is 4.01. The lowest BCUT2D eigenvalue weighted by Gasteiger charge is -2.20. The van der Waals surface area contributed by atoms with Gasteiger partial charge in [0.1, 0.15) is 5.82 Å². The molecule has 0 amide bonds. The molecule has 78 valence electrons. The third-order valence-corrected chi connectivity index (χ3v) is 2.86. The predicted molar refractivity (Wildman–Crippen MR) is 61.9 cm³/mol. The lowest BCUT2D eigenvalue weighted by molar-refractivity contribution is 0.626. The molecule has 1 aromatic carbocycles. The Balaban J connectivity index is 2.39. The first-order valence-electron chi connectivity index (χ1n) is 5.30. The van der Waals surface area contributed by atoms with Crippen molar-refractivity contribution < 1.29 is 4.39 Å². The van der Waals surface area contributed by atoms with Crippen LogP contribution in [0.4, 0.5) is 4.39 Å². The van der Waals surface area contributed by atoms with Gasteiger partial charge in [-0.05, 0) is 42.5 Å². The maximum atomic E-state index is 13.1. The summed E-state index contributed by atoms with van der Waals surface area (Å²) in [7, 11) is 0. The SMILES string of the molecule is CC1=CC=C(c2cccc(F)c2)C(C)C1. The van der Waals surface area contributed by atoms with Gasteiger partial charge in [-0.25, -0.2) is 4.39 Å². The van der Waals surface area contributed by atoms with Crippen LogP contribution in [0.15, 0.2) is 42.0 Å². The molecule has 1 heteroatoms. The summed E-state index contributed by atoms with van der Waals surface area (Å²) in [5, 5.41) is 0. The van der Waals surface area contributed by atoms with E-state index in [2.05, 4.69) is 26.0 Å². The van der Waals surface area contributed by atoms with Crippen LogP contribution < -0.4 is 0 Å². The molecule has 0 aromatic heterocycles. The standard InChI is InChI=1S/C14H15F/c1-10-6-7-14(11(2)8-10)12-4-3-5-13(15)9-12/h3-7,9,11H,8H2,1-2H3. The van der Waals surface area contributed by atoms with Crippen LogP contribution >= 0.6 is 0 Å². The van der Waals surface area contributed by atoms with Crippen LogP contribution in [0.1, 0.15) is 25.8 Å². The van der Waals surface area contributed by atoms with Gasteiger partial charge in [0, 0.05) is 0 Å². The Labute approximate surface area is 90.1 Å². The summed E-state index contributed by atoms with van der Waals surface area (Å²) in [6, 6.07) is 6.83. The van der Waals surface area contributed by atoms with E-state index in [0.29, 0.717) is 5.92 Å². The van der Waals surface area contributed by atoms with Crippen molar-refractivity contribution in [1.29, 1.82) is 0 Å². The average Bonchev–Trinajstić information content (AvgIpc) is 2.17. The molecule has 1 atom stereocenters. The Hall–Kier alpha value is -1.37. The third kappa shape index (κ3) is 2.17. The van der Waals surface area contributed by atoms with Gasteiger partial charge in [-0.2, -0.15) is 0 Å². The van der Waals surface area contributed by atoms with Gasteiger partial charge in [-0.15, -0.1) is 0 Å².